The number of alkyl halides is 1. The van der Waals surface area contributed by atoms with Crippen LogP contribution in [0, 0.1) is 11.8 Å². The molecule has 0 saturated heterocycles. The van der Waals surface area contributed by atoms with E-state index in [2.05, 4.69) is 22.4 Å². The van der Waals surface area contributed by atoms with E-state index in [1.165, 1.54) is 24.8 Å². The second kappa shape index (κ2) is 6.21. The van der Waals surface area contributed by atoms with Crippen LogP contribution in [0.25, 0.3) is 0 Å². The first kappa shape index (κ1) is 11.9. The average Bonchev–Trinajstić information content (AvgIpc) is 2.78. The average molecular weight is 239 g/mol. The van der Waals surface area contributed by atoms with E-state index in [0.717, 1.165) is 30.8 Å². The third-order valence-electron chi connectivity index (χ3n) is 3.50. The molecule has 0 radical (unpaired) electrons. The molecule has 0 spiro atoms. The molecule has 2 unspecified atom stereocenters. The Morgan fingerprint density at radius 3 is 2.75 bits per heavy atom. The fourth-order valence-electron chi connectivity index (χ4n) is 2.49. The number of hydrogen-bond acceptors (Lipinski definition) is 2. The lowest BCUT2D eigenvalue weighted by atomic mass is 9.98. The molecule has 16 heavy (non-hydrogen) atoms. The summed E-state index contributed by atoms with van der Waals surface area (Å²) in [5.74, 6) is 2.33. The van der Waals surface area contributed by atoms with Crippen LogP contribution < -0.4 is 5.32 Å². The highest BCUT2D eigenvalue weighted by Crippen LogP contribution is 2.31. The lowest BCUT2D eigenvalue weighted by molar-refractivity contribution is 0.395. The molecule has 2 nitrogen and oxygen atoms in total. The topological polar surface area (TPSA) is 24.9 Å². The van der Waals surface area contributed by atoms with Crippen molar-refractivity contribution in [3.63, 3.8) is 0 Å². The Balaban J connectivity index is 1.72. The minimum Gasteiger partial charge on any atom is -0.312 e. The monoisotopic (exact) mass is 238 g/mol. The first-order valence-electron chi connectivity index (χ1n) is 6.05. The molecule has 1 aromatic rings. The number of rotatable bonds is 5. The summed E-state index contributed by atoms with van der Waals surface area (Å²) < 4.78 is 0. The standard InChI is InChI=1S/C13H19ClN2/c14-8-12-2-1-3-13(12)10-16-9-11-4-6-15-7-5-11/h4-7,12-13,16H,1-3,8-10H2. The molecule has 0 bridgehead atoms. The highest BCUT2D eigenvalue weighted by molar-refractivity contribution is 6.18. The second-order valence-electron chi connectivity index (χ2n) is 4.59. The number of hydrogen-bond donors (Lipinski definition) is 1. The van der Waals surface area contributed by atoms with Crippen molar-refractivity contribution in [2.45, 2.75) is 25.8 Å². The first-order chi connectivity index (χ1) is 7.90. The third-order valence-corrected chi connectivity index (χ3v) is 3.90. The van der Waals surface area contributed by atoms with E-state index in [9.17, 15) is 0 Å². The molecule has 1 N–H and O–H groups in total. The highest BCUT2D eigenvalue weighted by atomic mass is 35.5. The minimum absolute atomic E-state index is 0.728. The largest absolute Gasteiger partial charge is 0.312 e. The second-order valence-corrected chi connectivity index (χ2v) is 4.90. The Hall–Kier alpha value is -0.600. The minimum atomic E-state index is 0.728. The van der Waals surface area contributed by atoms with Crippen LogP contribution in [0.4, 0.5) is 0 Å². The smallest absolute Gasteiger partial charge is 0.0271 e. The molecule has 1 aliphatic carbocycles. The first-order valence-corrected chi connectivity index (χ1v) is 6.59. The predicted octanol–water partition coefficient (Wildman–Crippen LogP) is 2.83. The van der Waals surface area contributed by atoms with Gasteiger partial charge in [-0.25, -0.2) is 0 Å². The summed E-state index contributed by atoms with van der Waals surface area (Å²) in [7, 11) is 0. The van der Waals surface area contributed by atoms with Crippen molar-refractivity contribution in [2.24, 2.45) is 11.8 Å². The Morgan fingerprint density at radius 1 is 1.25 bits per heavy atom. The van der Waals surface area contributed by atoms with Gasteiger partial charge in [0, 0.05) is 24.8 Å². The Kier molecular flexibility index (Phi) is 4.61. The lowest BCUT2D eigenvalue weighted by Crippen LogP contribution is -2.25. The van der Waals surface area contributed by atoms with Gasteiger partial charge >= 0.3 is 0 Å². The van der Waals surface area contributed by atoms with Crippen LogP contribution in [0.1, 0.15) is 24.8 Å². The zero-order valence-corrected chi connectivity index (χ0v) is 10.3. The van der Waals surface area contributed by atoms with Gasteiger partial charge in [0.15, 0.2) is 0 Å². The van der Waals surface area contributed by atoms with E-state index in [0.29, 0.717) is 0 Å². The van der Waals surface area contributed by atoms with Gasteiger partial charge in [0.2, 0.25) is 0 Å². The summed E-state index contributed by atoms with van der Waals surface area (Å²) in [6.07, 6.45) is 7.67. The number of pyridine rings is 1. The van der Waals surface area contributed by atoms with Gasteiger partial charge in [0.25, 0.3) is 0 Å². The normalized spacial score (nSPS) is 24.8. The van der Waals surface area contributed by atoms with Crippen molar-refractivity contribution < 1.29 is 0 Å². The van der Waals surface area contributed by atoms with Crippen LogP contribution >= 0.6 is 11.6 Å². The zero-order valence-electron chi connectivity index (χ0n) is 9.53. The van der Waals surface area contributed by atoms with Crippen LogP contribution in [-0.4, -0.2) is 17.4 Å². The van der Waals surface area contributed by atoms with Gasteiger partial charge in [-0.3, -0.25) is 4.98 Å². The van der Waals surface area contributed by atoms with Crippen molar-refractivity contribution >= 4 is 11.6 Å². The van der Waals surface area contributed by atoms with Gasteiger partial charge in [0.1, 0.15) is 0 Å². The highest BCUT2D eigenvalue weighted by Gasteiger charge is 2.25. The summed E-state index contributed by atoms with van der Waals surface area (Å²) in [6, 6.07) is 4.11. The fourth-order valence-corrected chi connectivity index (χ4v) is 2.89. The van der Waals surface area contributed by atoms with Crippen molar-refractivity contribution in [2.75, 3.05) is 12.4 Å². The van der Waals surface area contributed by atoms with Gasteiger partial charge in [-0.15, -0.1) is 11.6 Å². The molecule has 1 saturated carbocycles. The van der Waals surface area contributed by atoms with E-state index in [1.807, 2.05) is 12.4 Å². The Labute approximate surface area is 102 Å². The van der Waals surface area contributed by atoms with Crippen LogP contribution in [0.2, 0.25) is 0 Å². The van der Waals surface area contributed by atoms with Crippen LogP contribution in [0.3, 0.4) is 0 Å². The SMILES string of the molecule is ClCC1CCCC1CNCc1ccncc1. The summed E-state index contributed by atoms with van der Waals surface area (Å²) in [5, 5.41) is 3.52. The third kappa shape index (κ3) is 3.19. The zero-order chi connectivity index (χ0) is 11.2. The van der Waals surface area contributed by atoms with Gasteiger partial charge in [0.05, 0.1) is 0 Å². The van der Waals surface area contributed by atoms with E-state index in [1.54, 1.807) is 0 Å². The van der Waals surface area contributed by atoms with Crippen molar-refractivity contribution in [3.8, 4) is 0 Å². The Bertz CT molecular complexity index is 302. The van der Waals surface area contributed by atoms with Gasteiger partial charge in [-0.05, 0) is 48.9 Å². The van der Waals surface area contributed by atoms with E-state index in [-0.39, 0.29) is 0 Å². The van der Waals surface area contributed by atoms with Crippen molar-refractivity contribution in [3.05, 3.63) is 30.1 Å². The van der Waals surface area contributed by atoms with Crippen LogP contribution in [0.5, 0.6) is 0 Å². The molecule has 2 rings (SSSR count). The molecular formula is C13H19ClN2. The maximum atomic E-state index is 5.96. The molecule has 1 fully saturated rings. The summed E-state index contributed by atoms with van der Waals surface area (Å²) in [4.78, 5) is 4.01. The quantitative estimate of drug-likeness (QED) is 0.798. The van der Waals surface area contributed by atoms with Crippen LogP contribution in [0.15, 0.2) is 24.5 Å². The van der Waals surface area contributed by atoms with E-state index < -0.39 is 0 Å². The fraction of sp³-hybridized carbons (Fsp3) is 0.615. The summed E-state index contributed by atoms with van der Waals surface area (Å²) in [5.41, 5.74) is 1.30. The molecule has 1 aliphatic rings. The maximum absolute atomic E-state index is 5.96. The predicted molar refractivity (Wildman–Crippen MR) is 67.5 cm³/mol. The van der Waals surface area contributed by atoms with Gasteiger partial charge < -0.3 is 5.32 Å². The van der Waals surface area contributed by atoms with Crippen molar-refractivity contribution in [1.29, 1.82) is 0 Å². The van der Waals surface area contributed by atoms with Crippen LogP contribution in [-0.2, 0) is 6.54 Å². The number of nitrogens with one attached hydrogen (secondary N) is 1. The van der Waals surface area contributed by atoms with Gasteiger partial charge in [-0.1, -0.05) is 6.42 Å². The molecule has 0 aliphatic heterocycles. The molecule has 2 atom stereocenters. The number of nitrogens with zero attached hydrogens (tertiary/aromatic N) is 1. The molecule has 1 aromatic heterocycles. The molecular weight excluding hydrogens is 220 g/mol. The molecule has 88 valence electrons. The van der Waals surface area contributed by atoms with E-state index >= 15 is 0 Å². The molecule has 0 amide bonds. The molecule has 0 aromatic carbocycles. The summed E-state index contributed by atoms with van der Waals surface area (Å²) in [6.45, 7) is 2.04. The Morgan fingerprint density at radius 2 is 2.00 bits per heavy atom. The maximum Gasteiger partial charge on any atom is 0.0271 e. The molecule has 3 heteroatoms. The van der Waals surface area contributed by atoms with E-state index in [4.69, 9.17) is 11.6 Å². The number of aromatic nitrogens is 1. The number of halogens is 1. The molecule has 1 heterocycles. The van der Waals surface area contributed by atoms with Gasteiger partial charge in [-0.2, -0.15) is 0 Å². The van der Waals surface area contributed by atoms with Crippen molar-refractivity contribution in [1.82, 2.24) is 10.3 Å². The summed E-state index contributed by atoms with van der Waals surface area (Å²) >= 11 is 5.96. The lowest BCUT2D eigenvalue weighted by Gasteiger charge is -2.17.